The van der Waals surface area contributed by atoms with Crippen molar-refractivity contribution in [2.24, 2.45) is 0 Å². The van der Waals surface area contributed by atoms with Crippen molar-refractivity contribution < 1.29 is 9.53 Å². The summed E-state index contributed by atoms with van der Waals surface area (Å²) in [6, 6.07) is 10.4. The van der Waals surface area contributed by atoms with Crippen molar-refractivity contribution in [2.45, 2.75) is 6.92 Å². The molecule has 2 nitrogen and oxygen atoms in total. The molecule has 2 radical (unpaired) electrons. The number of esters is 1. The first-order valence-electron chi connectivity index (χ1n) is 2.85. The van der Waals surface area contributed by atoms with Gasteiger partial charge in [0.15, 0.2) is 0 Å². The molecule has 2 heteroatoms. The van der Waals surface area contributed by atoms with Crippen LogP contribution in [0.3, 0.4) is 0 Å². The van der Waals surface area contributed by atoms with Gasteiger partial charge in [0.25, 0.3) is 0 Å². The summed E-state index contributed by atoms with van der Waals surface area (Å²) in [5, 5.41) is 0. The number of benzene rings is 1. The molecule has 0 aliphatic rings. The van der Waals surface area contributed by atoms with Crippen molar-refractivity contribution in [2.75, 3.05) is 0 Å². The second-order valence-electron chi connectivity index (χ2n) is 1.75. The monoisotopic (exact) mass is 134 g/mol. The van der Waals surface area contributed by atoms with E-state index in [9.17, 15) is 4.79 Å². The summed E-state index contributed by atoms with van der Waals surface area (Å²) in [6.07, 6.45) is 0. The number of carbonyl (C=O) groups excluding carboxylic acids is 1. The first-order valence-corrected chi connectivity index (χ1v) is 2.85. The van der Waals surface area contributed by atoms with Gasteiger partial charge in [-0.15, -0.1) is 0 Å². The van der Waals surface area contributed by atoms with Crippen molar-refractivity contribution in [3.05, 3.63) is 30.3 Å². The fourth-order valence-corrected chi connectivity index (χ4v) is 0.551. The van der Waals surface area contributed by atoms with Gasteiger partial charge in [-0.1, -0.05) is 6.07 Å². The Morgan fingerprint density at radius 3 is 2.90 bits per heavy atom. The van der Waals surface area contributed by atoms with Crippen LogP contribution in [0.15, 0.2) is 18.2 Å². The summed E-state index contributed by atoms with van der Waals surface area (Å²) in [7, 11) is 0. The molecule has 50 valence electrons. The Hall–Kier alpha value is -1.31. The van der Waals surface area contributed by atoms with E-state index in [4.69, 9.17) is 0 Å². The van der Waals surface area contributed by atoms with Crippen molar-refractivity contribution in [3.63, 3.8) is 0 Å². The van der Waals surface area contributed by atoms with E-state index in [0.29, 0.717) is 5.75 Å². The molecule has 0 bridgehead atoms. The predicted octanol–water partition coefficient (Wildman–Crippen LogP) is 1.21. The van der Waals surface area contributed by atoms with Crippen LogP contribution in [-0.2, 0) is 4.79 Å². The Kier molecular flexibility index (Phi) is 2.05. The molecule has 0 amide bonds. The van der Waals surface area contributed by atoms with Crippen LogP contribution in [0.2, 0.25) is 0 Å². The molecule has 0 heterocycles. The van der Waals surface area contributed by atoms with Crippen molar-refractivity contribution in [1.82, 2.24) is 0 Å². The summed E-state index contributed by atoms with van der Waals surface area (Å²) in [4.78, 5) is 10.4. The normalized spacial score (nSPS) is 8.90. The van der Waals surface area contributed by atoms with E-state index < -0.39 is 0 Å². The average Bonchev–Trinajstić information content (AvgIpc) is 1.88. The fourth-order valence-electron chi connectivity index (χ4n) is 0.551. The molecule has 0 fully saturated rings. The van der Waals surface area contributed by atoms with Gasteiger partial charge in [-0.3, -0.25) is 4.79 Å². The van der Waals surface area contributed by atoms with Crippen LogP contribution < -0.4 is 4.74 Å². The molecular formula is C8H6O2. The van der Waals surface area contributed by atoms with Gasteiger partial charge < -0.3 is 4.74 Å². The summed E-state index contributed by atoms with van der Waals surface area (Å²) in [5.41, 5.74) is 0. The minimum absolute atomic E-state index is 0.337. The topological polar surface area (TPSA) is 26.3 Å². The molecule has 0 N–H and O–H groups in total. The van der Waals surface area contributed by atoms with E-state index in [1.807, 2.05) is 0 Å². The van der Waals surface area contributed by atoms with Crippen LogP contribution in [0.25, 0.3) is 0 Å². The highest BCUT2D eigenvalue weighted by atomic mass is 16.5. The van der Waals surface area contributed by atoms with Gasteiger partial charge in [0.1, 0.15) is 5.75 Å². The Labute approximate surface area is 59.4 Å². The first kappa shape index (κ1) is 6.81. The largest absolute Gasteiger partial charge is 0.426 e. The minimum Gasteiger partial charge on any atom is -0.426 e. The van der Waals surface area contributed by atoms with Crippen LogP contribution in [-0.4, -0.2) is 5.97 Å². The number of hydrogen-bond donors (Lipinski definition) is 0. The maximum Gasteiger partial charge on any atom is 0.308 e. The lowest BCUT2D eigenvalue weighted by molar-refractivity contribution is -0.131. The summed E-state index contributed by atoms with van der Waals surface area (Å²) in [6.45, 7) is 1.35. The standard InChI is InChI=1S/C8H6O2/c1-7(9)10-8-5-3-2-4-6-8/h2-3,6H,1H3. The number of carbonyl (C=O) groups is 1. The third-order valence-corrected chi connectivity index (χ3v) is 0.873. The van der Waals surface area contributed by atoms with Crippen LogP contribution in [0.1, 0.15) is 6.92 Å². The van der Waals surface area contributed by atoms with Gasteiger partial charge >= 0.3 is 5.97 Å². The van der Waals surface area contributed by atoms with Gasteiger partial charge in [-0.2, -0.15) is 0 Å². The Bertz CT molecular complexity index is 216. The number of hydrogen-bond acceptors (Lipinski definition) is 2. The van der Waals surface area contributed by atoms with Crippen molar-refractivity contribution >= 4 is 5.97 Å². The van der Waals surface area contributed by atoms with Crippen LogP contribution in [0, 0.1) is 12.1 Å². The third kappa shape index (κ3) is 1.90. The van der Waals surface area contributed by atoms with E-state index in [1.165, 1.54) is 6.92 Å². The molecule has 10 heavy (non-hydrogen) atoms. The smallest absolute Gasteiger partial charge is 0.308 e. The third-order valence-electron chi connectivity index (χ3n) is 0.873. The molecule has 0 aliphatic heterocycles. The van der Waals surface area contributed by atoms with Crippen LogP contribution in [0.4, 0.5) is 0 Å². The van der Waals surface area contributed by atoms with E-state index in [1.54, 1.807) is 18.2 Å². The molecule has 0 saturated heterocycles. The van der Waals surface area contributed by atoms with E-state index in [0.717, 1.165) is 0 Å². The first-order chi connectivity index (χ1) is 4.79. The lowest BCUT2D eigenvalue weighted by Crippen LogP contribution is -2.00. The van der Waals surface area contributed by atoms with Crippen molar-refractivity contribution in [1.29, 1.82) is 0 Å². The molecule has 1 aromatic carbocycles. The second kappa shape index (κ2) is 3.01. The lowest BCUT2D eigenvalue weighted by atomic mass is 10.3. The average molecular weight is 134 g/mol. The molecule has 0 atom stereocenters. The molecule has 1 rings (SSSR count). The van der Waals surface area contributed by atoms with Crippen molar-refractivity contribution in [3.8, 4) is 5.75 Å². The molecular weight excluding hydrogens is 128 g/mol. The molecule has 0 spiro atoms. The zero-order chi connectivity index (χ0) is 7.40. The number of ether oxygens (including phenoxy) is 1. The maximum atomic E-state index is 10.4. The highest BCUT2D eigenvalue weighted by Gasteiger charge is 1.93. The van der Waals surface area contributed by atoms with Gasteiger partial charge in [0.2, 0.25) is 0 Å². The Morgan fingerprint density at radius 2 is 2.40 bits per heavy atom. The van der Waals surface area contributed by atoms with E-state index in [-0.39, 0.29) is 5.97 Å². The Morgan fingerprint density at radius 1 is 1.60 bits per heavy atom. The highest BCUT2D eigenvalue weighted by molar-refractivity contribution is 5.69. The van der Waals surface area contributed by atoms with E-state index in [2.05, 4.69) is 16.9 Å². The van der Waals surface area contributed by atoms with Gasteiger partial charge in [0.05, 0.1) is 0 Å². The number of rotatable bonds is 1. The molecule has 0 unspecified atom stereocenters. The SMILES string of the molecule is CC(=O)Oc1[c]cc[c]c1. The van der Waals surface area contributed by atoms with E-state index >= 15 is 0 Å². The molecule has 0 saturated carbocycles. The molecule has 0 aromatic heterocycles. The zero-order valence-corrected chi connectivity index (χ0v) is 5.55. The van der Waals surface area contributed by atoms with Crippen LogP contribution in [0.5, 0.6) is 5.75 Å². The quantitative estimate of drug-likeness (QED) is 0.426. The zero-order valence-electron chi connectivity index (χ0n) is 5.55. The Balaban J connectivity index is 2.67. The summed E-state index contributed by atoms with van der Waals surface area (Å²) >= 11 is 0. The summed E-state index contributed by atoms with van der Waals surface area (Å²) < 4.78 is 4.69. The van der Waals surface area contributed by atoms with Gasteiger partial charge in [-0.25, -0.2) is 0 Å². The molecule has 1 aromatic rings. The lowest BCUT2D eigenvalue weighted by Gasteiger charge is -1.96. The minimum atomic E-state index is -0.337. The summed E-state index contributed by atoms with van der Waals surface area (Å²) in [5.74, 6) is 0.0749. The fraction of sp³-hybridized carbons (Fsp3) is 0.125. The van der Waals surface area contributed by atoms with Gasteiger partial charge in [-0.05, 0) is 18.2 Å². The molecule has 0 aliphatic carbocycles. The second-order valence-corrected chi connectivity index (χ2v) is 1.75. The maximum absolute atomic E-state index is 10.4. The van der Waals surface area contributed by atoms with Crippen LogP contribution >= 0.6 is 0 Å². The highest BCUT2D eigenvalue weighted by Crippen LogP contribution is 2.06. The predicted molar refractivity (Wildman–Crippen MR) is 35.4 cm³/mol. The van der Waals surface area contributed by atoms with Gasteiger partial charge in [0, 0.05) is 13.0 Å².